The number of hydrogen-bond acceptors (Lipinski definition) is 3. The molecule has 1 aromatic heterocycles. The molecule has 5 nitrogen and oxygen atoms in total. The van der Waals surface area contributed by atoms with E-state index in [-0.39, 0.29) is 30.7 Å². The zero-order chi connectivity index (χ0) is 17.7. The van der Waals surface area contributed by atoms with Crippen LogP contribution >= 0.6 is 0 Å². The van der Waals surface area contributed by atoms with Crippen LogP contribution in [0.5, 0.6) is 0 Å². The van der Waals surface area contributed by atoms with E-state index in [1.54, 1.807) is 24.3 Å². The minimum absolute atomic E-state index is 0.0948. The second-order valence-electron chi connectivity index (χ2n) is 6.33. The zero-order valence-corrected chi connectivity index (χ0v) is 13.9. The van der Waals surface area contributed by atoms with E-state index in [2.05, 4.69) is 10.6 Å². The topological polar surface area (TPSA) is 71.3 Å². The summed E-state index contributed by atoms with van der Waals surface area (Å²) >= 11 is 0. The third-order valence-corrected chi connectivity index (χ3v) is 4.74. The van der Waals surface area contributed by atoms with Crippen molar-refractivity contribution < 1.29 is 18.4 Å². The standard InChI is InChI=1S/C19H21FN2O3/c20-15-7-5-14(6-8-15)19(9-1-2-10-19)18(24)22-13-17(23)21-12-16-4-3-11-25-16/h3-8,11H,1-2,9-10,12-13H2,(H,21,23)(H,22,24). The van der Waals surface area contributed by atoms with Crippen LogP contribution in [0.25, 0.3) is 0 Å². The first-order valence-corrected chi connectivity index (χ1v) is 8.44. The fourth-order valence-electron chi connectivity index (χ4n) is 3.39. The van der Waals surface area contributed by atoms with Gasteiger partial charge in [0.25, 0.3) is 0 Å². The van der Waals surface area contributed by atoms with Crippen LogP contribution in [0.4, 0.5) is 4.39 Å². The van der Waals surface area contributed by atoms with Gasteiger partial charge in [0.1, 0.15) is 11.6 Å². The van der Waals surface area contributed by atoms with Gasteiger partial charge in [0.2, 0.25) is 11.8 Å². The Kier molecular flexibility index (Phi) is 5.16. The maximum atomic E-state index is 13.2. The third kappa shape index (κ3) is 3.90. The summed E-state index contributed by atoms with van der Waals surface area (Å²) in [6.07, 6.45) is 4.83. The molecule has 1 aliphatic carbocycles. The van der Waals surface area contributed by atoms with Crippen molar-refractivity contribution in [1.82, 2.24) is 10.6 Å². The molecule has 2 aromatic rings. The predicted octanol–water partition coefficient (Wildman–Crippen LogP) is 2.66. The lowest BCUT2D eigenvalue weighted by Crippen LogP contribution is -2.46. The van der Waals surface area contributed by atoms with Crippen LogP contribution < -0.4 is 10.6 Å². The highest BCUT2D eigenvalue weighted by molar-refractivity contribution is 5.91. The number of amides is 2. The first-order chi connectivity index (χ1) is 12.1. The maximum absolute atomic E-state index is 13.2. The van der Waals surface area contributed by atoms with Crippen molar-refractivity contribution in [3.8, 4) is 0 Å². The number of halogens is 1. The van der Waals surface area contributed by atoms with Crippen molar-refractivity contribution in [3.63, 3.8) is 0 Å². The summed E-state index contributed by atoms with van der Waals surface area (Å²) in [4.78, 5) is 24.7. The highest BCUT2D eigenvalue weighted by atomic mass is 19.1. The summed E-state index contributed by atoms with van der Waals surface area (Å²) in [5.74, 6) is -0.130. The monoisotopic (exact) mass is 344 g/mol. The molecule has 2 N–H and O–H groups in total. The fraction of sp³-hybridized carbons (Fsp3) is 0.368. The third-order valence-electron chi connectivity index (χ3n) is 4.74. The SMILES string of the molecule is O=C(CNC(=O)C1(c2ccc(F)cc2)CCCC1)NCc1ccco1. The molecule has 0 atom stereocenters. The Bertz CT molecular complexity index is 720. The number of furan rings is 1. The van der Waals surface area contributed by atoms with Gasteiger partial charge < -0.3 is 15.1 Å². The number of benzene rings is 1. The first-order valence-electron chi connectivity index (χ1n) is 8.44. The van der Waals surface area contributed by atoms with Crippen LogP contribution in [0, 0.1) is 5.82 Å². The lowest BCUT2D eigenvalue weighted by molar-refractivity contribution is -0.129. The average molecular weight is 344 g/mol. The highest BCUT2D eigenvalue weighted by Crippen LogP contribution is 2.41. The molecule has 1 saturated carbocycles. The van der Waals surface area contributed by atoms with Gasteiger partial charge in [0.05, 0.1) is 24.8 Å². The number of hydrogen-bond donors (Lipinski definition) is 2. The number of nitrogens with one attached hydrogen (secondary N) is 2. The molecule has 1 aromatic carbocycles. The Hall–Kier alpha value is -2.63. The number of carbonyl (C=O) groups excluding carboxylic acids is 2. The van der Waals surface area contributed by atoms with E-state index in [0.29, 0.717) is 18.6 Å². The molecule has 0 radical (unpaired) electrons. The Balaban J connectivity index is 1.59. The molecular weight excluding hydrogens is 323 g/mol. The van der Waals surface area contributed by atoms with E-state index in [9.17, 15) is 14.0 Å². The second kappa shape index (κ2) is 7.51. The summed E-state index contributed by atoms with van der Waals surface area (Å²) in [6.45, 7) is 0.188. The minimum Gasteiger partial charge on any atom is -0.467 e. The van der Waals surface area contributed by atoms with Gasteiger partial charge in [-0.05, 0) is 42.7 Å². The van der Waals surface area contributed by atoms with Crippen molar-refractivity contribution in [1.29, 1.82) is 0 Å². The molecule has 1 heterocycles. The van der Waals surface area contributed by atoms with Crippen LogP contribution in [0.15, 0.2) is 47.1 Å². The van der Waals surface area contributed by atoms with E-state index in [4.69, 9.17) is 4.42 Å². The predicted molar refractivity (Wildman–Crippen MR) is 90.1 cm³/mol. The molecule has 6 heteroatoms. The second-order valence-corrected chi connectivity index (χ2v) is 6.33. The van der Waals surface area contributed by atoms with Gasteiger partial charge in [-0.25, -0.2) is 4.39 Å². The van der Waals surface area contributed by atoms with Gasteiger partial charge in [-0.2, -0.15) is 0 Å². The molecule has 0 unspecified atom stereocenters. The summed E-state index contributed by atoms with van der Waals surface area (Å²) < 4.78 is 18.3. The number of rotatable bonds is 6. The summed E-state index contributed by atoms with van der Waals surface area (Å²) in [5.41, 5.74) is 0.134. The van der Waals surface area contributed by atoms with Gasteiger partial charge in [-0.3, -0.25) is 9.59 Å². The lowest BCUT2D eigenvalue weighted by atomic mass is 9.78. The largest absolute Gasteiger partial charge is 0.467 e. The van der Waals surface area contributed by atoms with E-state index < -0.39 is 5.41 Å². The lowest BCUT2D eigenvalue weighted by Gasteiger charge is -2.28. The van der Waals surface area contributed by atoms with Crippen molar-refractivity contribution in [2.45, 2.75) is 37.6 Å². The Morgan fingerprint density at radius 2 is 1.80 bits per heavy atom. The maximum Gasteiger partial charge on any atom is 0.239 e. The van der Waals surface area contributed by atoms with Crippen LogP contribution in [-0.4, -0.2) is 18.4 Å². The smallest absolute Gasteiger partial charge is 0.239 e. The minimum atomic E-state index is -0.672. The van der Waals surface area contributed by atoms with Crippen LogP contribution in [0.3, 0.4) is 0 Å². The normalized spacial score (nSPS) is 15.7. The molecular formula is C19H21FN2O3. The van der Waals surface area contributed by atoms with E-state index in [1.165, 1.54) is 18.4 Å². The van der Waals surface area contributed by atoms with Crippen LogP contribution in [0.1, 0.15) is 37.0 Å². The molecule has 1 aliphatic rings. The van der Waals surface area contributed by atoms with Gasteiger partial charge in [-0.1, -0.05) is 25.0 Å². The summed E-state index contributed by atoms with van der Waals surface area (Å²) in [6, 6.07) is 9.59. The summed E-state index contributed by atoms with van der Waals surface area (Å²) in [5, 5.41) is 5.43. The average Bonchev–Trinajstić information content (AvgIpc) is 3.30. The van der Waals surface area contributed by atoms with E-state index in [1.807, 2.05) is 0 Å². The van der Waals surface area contributed by atoms with Crippen molar-refractivity contribution in [2.24, 2.45) is 0 Å². The van der Waals surface area contributed by atoms with Crippen molar-refractivity contribution in [3.05, 3.63) is 59.8 Å². The molecule has 2 amide bonds. The van der Waals surface area contributed by atoms with E-state index >= 15 is 0 Å². The Labute approximate surface area is 145 Å². The van der Waals surface area contributed by atoms with Crippen molar-refractivity contribution >= 4 is 11.8 Å². The molecule has 0 aliphatic heterocycles. The molecule has 132 valence electrons. The van der Waals surface area contributed by atoms with Crippen LogP contribution in [-0.2, 0) is 21.5 Å². The number of carbonyl (C=O) groups is 2. The molecule has 0 spiro atoms. The van der Waals surface area contributed by atoms with Gasteiger partial charge in [-0.15, -0.1) is 0 Å². The quantitative estimate of drug-likeness (QED) is 0.846. The first kappa shape index (κ1) is 17.2. The molecule has 1 fully saturated rings. The molecule has 25 heavy (non-hydrogen) atoms. The highest BCUT2D eigenvalue weighted by Gasteiger charge is 2.42. The van der Waals surface area contributed by atoms with Gasteiger partial charge in [0, 0.05) is 0 Å². The fourth-order valence-corrected chi connectivity index (χ4v) is 3.39. The Morgan fingerprint density at radius 3 is 2.44 bits per heavy atom. The van der Waals surface area contributed by atoms with Crippen molar-refractivity contribution in [2.75, 3.05) is 6.54 Å². The molecule has 3 rings (SSSR count). The van der Waals surface area contributed by atoms with E-state index in [0.717, 1.165) is 18.4 Å². The summed E-state index contributed by atoms with van der Waals surface area (Å²) in [7, 11) is 0. The van der Waals surface area contributed by atoms with Crippen LogP contribution in [0.2, 0.25) is 0 Å². The Morgan fingerprint density at radius 1 is 1.08 bits per heavy atom. The van der Waals surface area contributed by atoms with Gasteiger partial charge >= 0.3 is 0 Å². The van der Waals surface area contributed by atoms with Gasteiger partial charge in [0.15, 0.2) is 0 Å². The zero-order valence-electron chi connectivity index (χ0n) is 13.9. The molecule has 0 bridgehead atoms. The molecule has 0 saturated heterocycles.